The number of alkyl halides is 3. The van der Waals surface area contributed by atoms with E-state index in [-0.39, 0.29) is 10.7 Å². The largest absolute Gasteiger partial charge is 0.504 e. The van der Waals surface area contributed by atoms with Gasteiger partial charge in [-0.15, -0.1) is 0 Å². The molecule has 9 heteroatoms. The first kappa shape index (κ1) is 14.2. The lowest BCUT2D eigenvalue weighted by Gasteiger charge is -2.09. The highest BCUT2D eigenvalue weighted by molar-refractivity contribution is 6.32. The van der Waals surface area contributed by atoms with Crippen LogP contribution in [0.3, 0.4) is 0 Å². The molecule has 1 aromatic carbocycles. The van der Waals surface area contributed by atoms with Crippen molar-refractivity contribution < 1.29 is 28.2 Å². The summed E-state index contributed by atoms with van der Waals surface area (Å²) in [5.74, 6) is -2.09. The number of carboxylic acid groups (broad SMARTS) is 1. The van der Waals surface area contributed by atoms with Crippen LogP contribution in [0.2, 0.25) is 5.02 Å². The fourth-order valence-electron chi connectivity index (χ4n) is 1.51. The van der Waals surface area contributed by atoms with E-state index in [1.807, 2.05) is 0 Å². The Kier molecular flexibility index (Phi) is 3.34. The van der Waals surface area contributed by atoms with Gasteiger partial charge in [-0.3, -0.25) is 0 Å². The summed E-state index contributed by atoms with van der Waals surface area (Å²) in [4.78, 5) is 10.7. The van der Waals surface area contributed by atoms with Crippen molar-refractivity contribution in [3.05, 3.63) is 40.7 Å². The lowest BCUT2D eigenvalue weighted by atomic mass is 10.2. The second kappa shape index (κ2) is 4.71. The average molecular weight is 307 g/mol. The van der Waals surface area contributed by atoms with Gasteiger partial charge in [0.25, 0.3) is 0 Å². The second-order valence-electron chi connectivity index (χ2n) is 3.78. The molecule has 5 nitrogen and oxygen atoms in total. The molecule has 0 spiro atoms. The van der Waals surface area contributed by atoms with E-state index < -0.39 is 29.2 Å². The molecule has 0 amide bonds. The van der Waals surface area contributed by atoms with Crippen molar-refractivity contribution in [1.82, 2.24) is 9.78 Å². The van der Waals surface area contributed by atoms with Crippen LogP contribution in [-0.2, 0) is 6.18 Å². The van der Waals surface area contributed by atoms with Crippen molar-refractivity contribution in [3.63, 3.8) is 0 Å². The van der Waals surface area contributed by atoms with Crippen molar-refractivity contribution >= 4 is 17.6 Å². The number of hydrogen-bond acceptors (Lipinski definition) is 3. The molecule has 0 unspecified atom stereocenters. The van der Waals surface area contributed by atoms with Crippen molar-refractivity contribution in [2.75, 3.05) is 0 Å². The highest BCUT2D eigenvalue weighted by Gasteiger charge is 2.31. The maximum absolute atomic E-state index is 12.5. The molecular weight excluding hydrogens is 301 g/mol. The lowest BCUT2D eigenvalue weighted by molar-refractivity contribution is -0.137. The zero-order valence-corrected chi connectivity index (χ0v) is 10.3. The Bertz CT molecular complexity index is 682. The molecule has 20 heavy (non-hydrogen) atoms. The Hall–Kier alpha value is -2.22. The topological polar surface area (TPSA) is 75.3 Å². The summed E-state index contributed by atoms with van der Waals surface area (Å²) in [5.41, 5.74) is -1.55. The number of nitrogens with zero attached hydrogens (tertiary/aromatic N) is 2. The third-order valence-corrected chi connectivity index (χ3v) is 2.72. The van der Waals surface area contributed by atoms with Crippen LogP contribution in [0.1, 0.15) is 16.1 Å². The van der Waals surface area contributed by atoms with Gasteiger partial charge in [0.05, 0.1) is 22.5 Å². The third-order valence-electron chi connectivity index (χ3n) is 2.42. The molecule has 0 aliphatic rings. The van der Waals surface area contributed by atoms with Gasteiger partial charge in [-0.25, -0.2) is 9.48 Å². The van der Waals surface area contributed by atoms with Gasteiger partial charge >= 0.3 is 12.1 Å². The number of carboxylic acids is 1. The van der Waals surface area contributed by atoms with Gasteiger partial charge in [0.1, 0.15) is 0 Å². The van der Waals surface area contributed by atoms with Gasteiger partial charge in [-0.05, 0) is 18.2 Å². The molecule has 0 radical (unpaired) electrons. The maximum atomic E-state index is 12.5. The Balaban J connectivity index is 2.49. The van der Waals surface area contributed by atoms with E-state index in [1.165, 1.54) is 0 Å². The number of benzene rings is 1. The molecule has 2 rings (SSSR count). The molecule has 0 fully saturated rings. The van der Waals surface area contributed by atoms with Gasteiger partial charge in [-0.1, -0.05) is 11.6 Å². The third kappa shape index (κ3) is 2.55. The average Bonchev–Trinajstić information content (AvgIpc) is 2.69. The van der Waals surface area contributed by atoms with Crippen LogP contribution in [0.5, 0.6) is 5.75 Å². The molecule has 1 aromatic heterocycles. The Labute approximate surface area is 114 Å². The Morgan fingerprint density at radius 3 is 2.45 bits per heavy atom. The van der Waals surface area contributed by atoms with Gasteiger partial charge in [0.2, 0.25) is 5.69 Å². The summed E-state index contributed by atoms with van der Waals surface area (Å²) >= 11 is 5.72. The second-order valence-corrected chi connectivity index (χ2v) is 4.18. The summed E-state index contributed by atoms with van der Waals surface area (Å²) in [5, 5.41) is 21.3. The standard InChI is InChI=1S/C11H6ClF3N2O3/c12-6-3-5(11(13,14)15)1-2-7(6)17-4-8(18)9(16-17)10(19)20/h1-4,18H,(H,19,20). The zero-order chi connectivity index (χ0) is 15.1. The predicted octanol–water partition coefficient (Wildman–Crippen LogP) is 2.95. The molecule has 1 heterocycles. The molecule has 0 saturated carbocycles. The van der Waals surface area contributed by atoms with Gasteiger partial charge in [0, 0.05) is 0 Å². The monoisotopic (exact) mass is 306 g/mol. The van der Waals surface area contributed by atoms with Crippen LogP contribution in [0.15, 0.2) is 24.4 Å². The number of aromatic nitrogens is 2. The first-order valence-electron chi connectivity index (χ1n) is 5.09. The quantitative estimate of drug-likeness (QED) is 0.894. The van der Waals surface area contributed by atoms with E-state index in [0.717, 1.165) is 23.0 Å². The minimum atomic E-state index is -4.54. The van der Waals surface area contributed by atoms with Gasteiger partial charge < -0.3 is 10.2 Å². The van der Waals surface area contributed by atoms with E-state index in [4.69, 9.17) is 16.7 Å². The first-order chi connectivity index (χ1) is 9.20. The minimum absolute atomic E-state index is 0.0162. The van der Waals surface area contributed by atoms with Crippen LogP contribution in [0.4, 0.5) is 13.2 Å². The number of rotatable bonds is 2. The number of carbonyl (C=O) groups is 1. The summed E-state index contributed by atoms with van der Waals surface area (Å²) in [6.07, 6.45) is -3.60. The predicted molar refractivity (Wildman–Crippen MR) is 62.2 cm³/mol. The molecule has 0 aliphatic carbocycles. The van der Waals surface area contributed by atoms with Crippen LogP contribution in [-0.4, -0.2) is 26.0 Å². The van der Waals surface area contributed by atoms with Crippen molar-refractivity contribution in [2.45, 2.75) is 6.18 Å². The van der Waals surface area contributed by atoms with Gasteiger partial charge in [0.15, 0.2) is 5.75 Å². The summed E-state index contributed by atoms with van der Waals surface area (Å²) < 4.78 is 38.3. The Morgan fingerprint density at radius 2 is 2.00 bits per heavy atom. The zero-order valence-electron chi connectivity index (χ0n) is 9.52. The maximum Gasteiger partial charge on any atom is 0.416 e. The van der Waals surface area contributed by atoms with Crippen molar-refractivity contribution in [3.8, 4) is 11.4 Å². The normalized spacial score (nSPS) is 11.6. The molecule has 106 valence electrons. The van der Waals surface area contributed by atoms with Crippen molar-refractivity contribution in [1.29, 1.82) is 0 Å². The van der Waals surface area contributed by atoms with E-state index in [9.17, 15) is 23.1 Å². The minimum Gasteiger partial charge on any atom is -0.504 e. The molecule has 0 saturated heterocycles. The first-order valence-corrected chi connectivity index (χ1v) is 5.47. The van der Waals surface area contributed by atoms with E-state index in [0.29, 0.717) is 6.07 Å². The highest BCUT2D eigenvalue weighted by atomic mass is 35.5. The fraction of sp³-hybridized carbons (Fsp3) is 0.0909. The molecule has 0 aliphatic heterocycles. The SMILES string of the molecule is O=C(O)c1nn(-c2ccc(C(F)(F)F)cc2Cl)cc1O. The van der Waals surface area contributed by atoms with E-state index in [1.54, 1.807) is 0 Å². The smallest absolute Gasteiger partial charge is 0.416 e. The summed E-state index contributed by atoms with van der Waals surface area (Å²) in [6.45, 7) is 0. The number of aromatic hydroxyl groups is 1. The number of hydrogen-bond donors (Lipinski definition) is 2. The number of halogens is 4. The summed E-state index contributed by atoms with van der Waals surface area (Å²) in [7, 11) is 0. The van der Waals surface area contributed by atoms with E-state index >= 15 is 0 Å². The molecular formula is C11H6ClF3N2O3. The number of aromatic carboxylic acids is 1. The fourth-order valence-corrected chi connectivity index (χ4v) is 1.78. The summed E-state index contributed by atoms with van der Waals surface area (Å²) in [6, 6.07) is 2.50. The Morgan fingerprint density at radius 1 is 1.35 bits per heavy atom. The lowest BCUT2D eigenvalue weighted by Crippen LogP contribution is -2.06. The highest BCUT2D eigenvalue weighted by Crippen LogP contribution is 2.33. The van der Waals surface area contributed by atoms with Gasteiger partial charge in [-0.2, -0.15) is 18.3 Å². The van der Waals surface area contributed by atoms with Crippen LogP contribution in [0, 0.1) is 0 Å². The molecule has 0 atom stereocenters. The molecule has 2 aromatic rings. The molecule has 0 bridgehead atoms. The van der Waals surface area contributed by atoms with E-state index in [2.05, 4.69) is 5.10 Å². The molecule has 2 N–H and O–H groups in total. The van der Waals surface area contributed by atoms with Crippen LogP contribution in [0.25, 0.3) is 5.69 Å². The van der Waals surface area contributed by atoms with Crippen LogP contribution >= 0.6 is 11.6 Å². The van der Waals surface area contributed by atoms with Crippen LogP contribution < -0.4 is 0 Å². The van der Waals surface area contributed by atoms with Crippen molar-refractivity contribution in [2.24, 2.45) is 0 Å².